The zero-order valence-electron chi connectivity index (χ0n) is 14.2. The van der Waals surface area contributed by atoms with E-state index in [0.29, 0.717) is 23.7 Å². The van der Waals surface area contributed by atoms with E-state index in [-0.39, 0.29) is 5.91 Å². The van der Waals surface area contributed by atoms with Gasteiger partial charge in [-0.1, -0.05) is 29.8 Å². The fourth-order valence-electron chi connectivity index (χ4n) is 3.14. The topological polar surface area (TPSA) is 76.2 Å². The molecular weight excluding hydrogens is 350 g/mol. The quantitative estimate of drug-likeness (QED) is 0.727. The molecule has 1 aliphatic rings. The molecule has 2 aromatic carbocycles. The summed E-state index contributed by atoms with van der Waals surface area (Å²) in [6.45, 7) is 0.755. The maximum absolute atomic E-state index is 13.3. The van der Waals surface area contributed by atoms with Gasteiger partial charge in [0.15, 0.2) is 0 Å². The molecule has 0 unspecified atom stereocenters. The molecule has 1 aliphatic heterocycles. The molecule has 2 heterocycles. The lowest BCUT2D eigenvalue weighted by atomic mass is 10.1. The molecule has 0 atom stereocenters. The van der Waals surface area contributed by atoms with Gasteiger partial charge in [0.25, 0.3) is 5.91 Å². The Labute approximate surface area is 156 Å². The Bertz CT molecular complexity index is 997. The summed E-state index contributed by atoms with van der Waals surface area (Å²) in [7, 11) is 1.87. The van der Waals surface area contributed by atoms with E-state index >= 15 is 0 Å². The fourth-order valence-corrected chi connectivity index (χ4v) is 3.40. The lowest BCUT2D eigenvalue weighted by Gasteiger charge is -2.23. The molecule has 6 nitrogen and oxygen atoms in total. The monoisotopic (exact) mass is 367 g/mol. The van der Waals surface area contributed by atoms with Crippen LogP contribution in [0.5, 0.6) is 0 Å². The lowest BCUT2D eigenvalue weighted by Crippen LogP contribution is -2.30. The highest BCUT2D eigenvalue weighted by Gasteiger charge is 2.26. The van der Waals surface area contributed by atoms with Gasteiger partial charge in [0.05, 0.1) is 24.1 Å². The van der Waals surface area contributed by atoms with Gasteiger partial charge in [-0.3, -0.25) is 9.48 Å². The molecule has 1 amide bonds. The Morgan fingerprint density at radius 3 is 2.88 bits per heavy atom. The molecule has 1 aromatic heterocycles. The number of amides is 1. The molecule has 3 N–H and O–H groups in total. The van der Waals surface area contributed by atoms with Crippen molar-refractivity contribution in [3.8, 4) is 0 Å². The molecule has 0 spiro atoms. The zero-order valence-corrected chi connectivity index (χ0v) is 15.0. The Balaban J connectivity index is 1.79. The molecule has 0 bridgehead atoms. The number of carbonyl (C=O) groups is 1. The van der Waals surface area contributed by atoms with Crippen LogP contribution in [0.15, 0.2) is 48.7 Å². The van der Waals surface area contributed by atoms with Gasteiger partial charge in [0.2, 0.25) is 0 Å². The molecule has 0 fully saturated rings. The number of hydrogen-bond acceptors (Lipinski definition) is 4. The van der Waals surface area contributed by atoms with Crippen LogP contribution >= 0.6 is 11.6 Å². The second-order valence-electron chi connectivity index (χ2n) is 6.19. The van der Waals surface area contributed by atoms with Crippen molar-refractivity contribution in [1.29, 1.82) is 0 Å². The third-order valence-corrected chi connectivity index (χ3v) is 4.91. The van der Waals surface area contributed by atoms with Gasteiger partial charge in [-0.05, 0) is 29.8 Å². The van der Waals surface area contributed by atoms with E-state index < -0.39 is 0 Å². The second kappa shape index (κ2) is 6.48. The average molecular weight is 368 g/mol. The molecule has 26 heavy (non-hydrogen) atoms. The fraction of sp³-hybridized carbons (Fsp3) is 0.158. The molecule has 0 aliphatic carbocycles. The number of rotatable bonds is 2. The van der Waals surface area contributed by atoms with Gasteiger partial charge < -0.3 is 16.0 Å². The van der Waals surface area contributed by atoms with Crippen LogP contribution in [0.25, 0.3) is 0 Å². The maximum Gasteiger partial charge on any atom is 0.258 e. The van der Waals surface area contributed by atoms with Crippen LogP contribution in [0.3, 0.4) is 0 Å². The van der Waals surface area contributed by atoms with Crippen LogP contribution in [0.2, 0.25) is 5.02 Å². The van der Waals surface area contributed by atoms with Crippen LogP contribution in [0.1, 0.15) is 21.5 Å². The third-order valence-electron chi connectivity index (χ3n) is 4.56. The van der Waals surface area contributed by atoms with Crippen LogP contribution < -0.4 is 16.0 Å². The number of nitrogens with two attached hydrogens (primary N) is 1. The summed E-state index contributed by atoms with van der Waals surface area (Å²) in [5, 5.41) is 8.18. The van der Waals surface area contributed by atoms with Gasteiger partial charge in [0.1, 0.15) is 5.82 Å². The highest BCUT2D eigenvalue weighted by atomic mass is 35.5. The molecule has 0 saturated heterocycles. The number of anilines is 3. The summed E-state index contributed by atoms with van der Waals surface area (Å²) in [6, 6.07) is 13.0. The molecule has 4 rings (SSSR count). The Morgan fingerprint density at radius 2 is 2.12 bits per heavy atom. The van der Waals surface area contributed by atoms with Gasteiger partial charge in [-0.25, -0.2) is 0 Å². The molecule has 3 aromatic rings. The van der Waals surface area contributed by atoms with E-state index in [1.54, 1.807) is 34.0 Å². The first-order valence-electron chi connectivity index (χ1n) is 8.25. The maximum atomic E-state index is 13.3. The Kier molecular flexibility index (Phi) is 4.14. The number of para-hydroxylation sites is 2. The van der Waals surface area contributed by atoms with Crippen LogP contribution in [-0.2, 0) is 20.1 Å². The van der Waals surface area contributed by atoms with E-state index in [4.69, 9.17) is 17.3 Å². The lowest BCUT2D eigenvalue weighted by molar-refractivity contribution is 0.0985. The highest BCUT2D eigenvalue weighted by Crippen LogP contribution is 2.36. The number of nitrogens with one attached hydrogen (secondary N) is 1. The largest absolute Gasteiger partial charge is 0.338 e. The summed E-state index contributed by atoms with van der Waals surface area (Å²) < 4.78 is 1.77. The van der Waals surface area contributed by atoms with Gasteiger partial charge in [-0.2, -0.15) is 5.10 Å². The van der Waals surface area contributed by atoms with Crippen LogP contribution in [0.4, 0.5) is 17.2 Å². The minimum atomic E-state index is -0.124. The summed E-state index contributed by atoms with van der Waals surface area (Å²) >= 11 is 6.25. The van der Waals surface area contributed by atoms with E-state index in [2.05, 4.69) is 10.4 Å². The van der Waals surface area contributed by atoms with E-state index in [9.17, 15) is 4.79 Å². The van der Waals surface area contributed by atoms with Gasteiger partial charge in [0, 0.05) is 29.7 Å². The van der Waals surface area contributed by atoms with Crippen molar-refractivity contribution in [2.24, 2.45) is 12.8 Å². The number of carbonyl (C=O) groups excluding carboxylic acids is 1. The standard InChI is InChI=1S/C19H18ClN5O/c1-24-18-14(10-22-24)11-25(17-5-3-2-4-16(17)23-18)19(26)12-6-7-13(9-21)15(20)8-12/h2-8,10,23H,9,11,21H2,1H3. The number of benzene rings is 2. The average Bonchev–Trinajstić information content (AvgIpc) is 2.90. The van der Waals surface area contributed by atoms with Crippen molar-refractivity contribution in [3.63, 3.8) is 0 Å². The van der Waals surface area contributed by atoms with Crippen molar-refractivity contribution < 1.29 is 4.79 Å². The minimum absolute atomic E-state index is 0.124. The normalized spacial score (nSPS) is 12.8. The van der Waals surface area contributed by atoms with Crippen molar-refractivity contribution in [1.82, 2.24) is 9.78 Å². The summed E-state index contributed by atoms with van der Waals surface area (Å²) in [5.74, 6) is 0.755. The smallest absolute Gasteiger partial charge is 0.258 e. The van der Waals surface area contributed by atoms with Gasteiger partial charge in [-0.15, -0.1) is 0 Å². The number of hydrogen-bond donors (Lipinski definition) is 2. The van der Waals surface area contributed by atoms with E-state index in [1.807, 2.05) is 31.3 Å². The summed E-state index contributed by atoms with van der Waals surface area (Å²) in [6.07, 6.45) is 1.78. The minimum Gasteiger partial charge on any atom is -0.338 e. The van der Waals surface area contributed by atoms with Crippen molar-refractivity contribution >= 4 is 34.7 Å². The van der Waals surface area contributed by atoms with Crippen LogP contribution in [0, 0.1) is 0 Å². The van der Waals surface area contributed by atoms with E-state index in [0.717, 1.165) is 28.3 Å². The molecular formula is C19H18ClN5O. The number of fused-ring (bicyclic) bond motifs is 2. The number of aromatic nitrogens is 2. The van der Waals surface area contributed by atoms with Crippen LogP contribution in [-0.4, -0.2) is 15.7 Å². The molecule has 7 heteroatoms. The second-order valence-corrected chi connectivity index (χ2v) is 6.59. The predicted octanol–water partition coefficient (Wildman–Crippen LogP) is 3.44. The van der Waals surface area contributed by atoms with Crippen molar-refractivity contribution in [2.45, 2.75) is 13.1 Å². The molecule has 0 saturated carbocycles. The first kappa shape index (κ1) is 16.6. The first-order chi connectivity index (χ1) is 12.6. The number of aryl methyl sites for hydroxylation is 1. The predicted molar refractivity (Wildman–Crippen MR) is 103 cm³/mol. The first-order valence-corrected chi connectivity index (χ1v) is 8.63. The number of halogens is 1. The van der Waals surface area contributed by atoms with Gasteiger partial charge >= 0.3 is 0 Å². The third kappa shape index (κ3) is 2.73. The molecule has 0 radical (unpaired) electrons. The highest BCUT2D eigenvalue weighted by molar-refractivity contribution is 6.31. The Morgan fingerprint density at radius 1 is 1.31 bits per heavy atom. The van der Waals surface area contributed by atoms with E-state index in [1.165, 1.54) is 0 Å². The summed E-state index contributed by atoms with van der Waals surface area (Å²) in [4.78, 5) is 15.0. The summed E-state index contributed by atoms with van der Waals surface area (Å²) in [5.41, 5.74) is 9.61. The Hall–Kier alpha value is -2.83. The molecule has 132 valence electrons. The SMILES string of the molecule is Cn1ncc2c1Nc1ccccc1N(C(=O)c1ccc(CN)c(Cl)c1)C2. The van der Waals surface area contributed by atoms with Crippen molar-refractivity contribution in [2.75, 3.05) is 10.2 Å². The van der Waals surface area contributed by atoms with Crippen molar-refractivity contribution in [3.05, 3.63) is 70.4 Å². The zero-order chi connectivity index (χ0) is 18.3. The number of nitrogens with zero attached hydrogens (tertiary/aromatic N) is 3.